The van der Waals surface area contributed by atoms with E-state index in [1.165, 1.54) is 137 Å². The molecule has 0 unspecified atom stereocenters. The van der Waals surface area contributed by atoms with Crippen LogP contribution in [0.3, 0.4) is 0 Å². The Kier molecular flexibility index (Phi) is 8.92. The summed E-state index contributed by atoms with van der Waals surface area (Å²) in [5, 5.41) is 10.4. The molecule has 0 aliphatic carbocycles. The first kappa shape index (κ1) is 34.8. The molecule has 2 nitrogen and oxygen atoms in total. The van der Waals surface area contributed by atoms with E-state index in [-0.39, 0.29) is 0 Å². The third kappa shape index (κ3) is 6.38. The Labute approximate surface area is 342 Å². The third-order valence-corrected chi connectivity index (χ3v) is 13.0. The summed E-state index contributed by atoms with van der Waals surface area (Å²) in [6, 6.07) is 64.4. The maximum absolute atomic E-state index is 2.61. The standard InChI is InChI=1S/C56H48N2/c1-7-31-57(32-8-1)49-27-29-51-53(37-49)55(43-21-15-41(16-22-43)47-25-19-39-11-3-5-13-45(39)35-47)52-30-28-50(58-33-9-2-10-34-58)38-54(52)56(51)44-23-17-42(18-24-44)48-26-20-40-12-4-6-14-46(40)36-48/h3-6,11-30,35-38H,1-2,7-10,31-34H2. The van der Waals surface area contributed by atoms with E-state index < -0.39 is 0 Å². The molecule has 2 heterocycles. The maximum Gasteiger partial charge on any atom is 0.0372 e. The minimum atomic E-state index is 1.12. The number of nitrogens with zero attached hydrogens (tertiary/aromatic N) is 2. The van der Waals surface area contributed by atoms with Crippen molar-refractivity contribution in [2.45, 2.75) is 38.5 Å². The molecule has 2 aliphatic rings. The van der Waals surface area contributed by atoms with Gasteiger partial charge in [-0.1, -0.05) is 133 Å². The van der Waals surface area contributed by atoms with Crippen LogP contribution >= 0.6 is 0 Å². The quantitative estimate of drug-likeness (QED) is 0.156. The number of hydrogen-bond donors (Lipinski definition) is 0. The summed E-state index contributed by atoms with van der Waals surface area (Å²) in [5.41, 5.74) is 12.8. The van der Waals surface area contributed by atoms with E-state index in [0.717, 1.165) is 26.2 Å². The van der Waals surface area contributed by atoms with Crippen molar-refractivity contribution in [3.8, 4) is 44.5 Å². The summed E-state index contributed by atoms with van der Waals surface area (Å²) in [6.45, 7) is 4.49. The summed E-state index contributed by atoms with van der Waals surface area (Å²) in [5.74, 6) is 0. The predicted molar refractivity (Wildman–Crippen MR) is 250 cm³/mol. The van der Waals surface area contributed by atoms with Crippen LogP contribution in [0.4, 0.5) is 11.4 Å². The molecule has 0 N–H and O–H groups in total. The smallest absolute Gasteiger partial charge is 0.0372 e. The summed E-state index contributed by atoms with van der Waals surface area (Å²) < 4.78 is 0. The number of anilines is 2. The lowest BCUT2D eigenvalue weighted by Gasteiger charge is -2.30. The van der Waals surface area contributed by atoms with Crippen LogP contribution < -0.4 is 9.80 Å². The van der Waals surface area contributed by atoms with Gasteiger partial charge >= 0.3 is 0 Å². The summed E-state index contributed by atoms with van der Waals surface area (Å²) in [6.07, 6.45) is 7.67. The van der Waals surface area contributed by atoms with Crippen LogP contribution in [-0.4, -0.2) is 26.2 Å². The van der Waals surface area contributed by atoms with Gasteiger partial charge in [0.25, 0.3) is 0 Å². The fourth-order valence-corrected chi connectivity index (χ4v) is 9.92. The average Bonchev–Trinajstić information content (AvgIpc) is 3.31. The van der Waals surface area contributed by atoms with Gasteiger partial charge in [-0.05, 0) is 163 Å². The summed E-state index contributed by atoms with van der Waals surface area (Å²) in [4.78, 5) is 5.22. The van der Waals surface area contributed by atoms with E-state index in [0.29, 0.717) is 0 Å². The third-order valence-electron chi connectivity index (χ3n) is 13.0. The lowest BCUT2D eigenvalue weighted by molar-refractivity contribution is 0.578. The Morgan fingerprint density at radius 3 is 1.03 bits per heavy atom. The normalized spacial score (nSPS) is 14.8. The van der Waals surface area contributed by atoms with Gasteiger partial charge < -0.3 is 9.80 Å². The Morgan fingerprint density at radius 1 is 0.259 bits per heavy atom. The molecule has 0 bridgehead atoms. The van der Waals surface area contributed by atoms with Crippen molar-refractivity contribution in [1.29, 1.82) is 0 Å². The van der Waals surface area contributed by atoms with Crippen LogP contribution in [0.5, 0.6) is 0 Å². The van der Waals surface area contributed by atoms with Gasteiger partial charge in [0.2, 0.25) is 0 Å². The van der Waals surface area contributed by atoms with Crippen LogP contribution in [0.1, 0.15) is 38.5 Å². The highest BCUT2D eigenvalue weighted by atomic mass is 15.1. The van der Waals surface area contributed by atoms with Crippen molar-refractivity contribution in [1.82, 2.24) is 0 Å². The molecule has 0 saturated carbocycles. The van der Waals surface area contributed by atoms with Crippen LogP contribution in [0.2, 0.25) is 0 Å². The topological polar surface area (TPSA) is 6.48 Å². The molecule has 58 heavy (non-hydrogen) atoms. The van der Waals surface area contributed by atoms with Crippen molar-refractivity contribution < 1.29 is 0 Å². The number of benzene rings is 9. The molecule has 0 radical (unpaired) electrons. The fourth-order valence-electron chi connectivity index (χ4n) is 9.92. The van der Waals surface area contributed by atoms with Gasteiger partial charge in [-0.3, -0.25) is 0 Å². The minimum Gasteiger partial charge on any atom is -0.372 e. The van der Waals surface area contributed by atoms with Crippen molar-refractivity contribution in [2.75, 3.05) is 36.0 Å². The number of rotatable bonds is 6. The van der Waals surface area contributed by atoms with Gasteiger partial charge in [0.15, 0.2) is 0 Å². The number of hydrogen-bond acceptors (Lipinski definition) is 2. The highest BCUT2D eigenvalue weighted by Crippen LogP contribution is 2.47. The SMILES string of the molecule is c1ccc2cc(-c3ccc(-c4c5ccc(N6CCCCC6)cc5c(-c5ccc(-c6ccc7ccccc7c6)cc5)c5ccc(N6CCCCC6)cc45)cc3)ccc2c1. The Balaban J connectivity index is 1.11. The van der Waals surface area contributed by atoms with Gasteiger partial charge in [-0.15, -0.1) is 0 Å². The molecule has 11 rings (SSSR count). The molecule has 9 aromatic carbocycles. The van der Waals surface area contributed by atoms with E-state index in [1.807, 2.05) is 0 Å². The molecule has 0 amide bonds. The fraction of sp³-hybridized carbons (Fsp3) is 0.179. The van der Waals surface area contributed by atoms with Crippen LogP contribution in [-0.2, 0) is 0 Å². The van der Waals surface area contributed by atoms with Crippen molar-refractivity contribution in [3.05, 3.63) is 170 Å². The van der Waals surface area contributed by atoms with E-state index in [2.05, 4.69) is 180 Å². The highest BCUT2D eigenvalue weighted by molar-refractivity contribution is 6.22. The predicted octanol–water partition coefficient (Wildman–Crippen LogP) is 14.9. The monoisotopic (exact) mass is 748 g/mol. The van der Waals surface area contributed by atoms with Gasteiger partial charge in [0.05, 0.1) is 0 Å². The molecule has 9 aromatic rings. The van der Waals surface area contributed by atoms with Crippen molar-refractivity contribution in [3.63, 3.8) is 0 Å². The van der Waals surface area contributed by atoms with Gasteiger partial charge in [0, 0.05) is 37.6 Å². The van der Waals surface area contributed by atoms with Crippen molar-refractivity contribution in [2.24, 2.45) is 0 Å². The van der Waals surface area contributed by atoms with E-state index in [1.54, 1.807) is 0 Å². The molecule has 2 heteroatoms. The summed E-state index contributed by atoms with van der Waals surface area (Å²) >= 11 is 0. The van der Waals surface area contributed by atoms with Crippen LogP contribution in [0, 0.1) is 0 Å². The second-order valence-electron chi connectivity index (χ2n) is 16.6. The Hall–Kier alpha value is -6.38. The highest BCUT2D eigenvalue weighted by Gasteiger charge is 2.21. The minimum absolute atomic E-state index is 1.12. The molecule has 0 atom stereocenters. The first-order valence-corrected chi connectivity index (χ1v) is 21.5. The molecule has 0 aromatic heterocycles. The van der Waals surface area contributed by atoms with Crippen LogP contribution in [0.15, 0.2) is 170 Å². The van der Waals surface area contributed by atoms with Gasteiger partial charge in [-0.25, -0.2) is 0 Å². The largest absolute Gasteiger partial charge is 0.372 e. The zero-order valence-electron chi connectivity index (χ0n) is 33.1. The summed E-state index contributed by atoms with van der Waals surface area (Å²) in [7, 11) is 0. The lowest BCUT2D eigenvalue weighted by Crippen LogP contribution is -2.29. The molecule has 282 valence electrons. The number of fused-ring (bicyclic) bond motifs is 4. The Morgan fingerprint density at radius 2 is 0.621 bits per heavy atom. The first-order valence-electron chi connectivity index (χ1n) is 21.5. The number of piperidine rings is 2. The van der Waals surface area contributed by atoms with Gasteiger partial charge in [0.1, 0.15) is 0 Å². The Bertz CT molecular complexity index is 2740. The molecule has 0 spiro atoms. The molecular formula is C56H48N2. The second-order valence-corrected chi connectivity index (χ2v) is 16.6. The maximum atomic E-state index is 2.61. The zero-order valence-corrected chi connectivity index (χ0v) is 33.1. The zero-order chi connectivity index (χ0) is 38.4. The van der Waals surface area contributed by atoms with E-state index in [9.17, 15) is 0 Å². The second kappa shape index (κ2) is 14.8. The van der Waals surface area contributed by atoms with E-state index >= 15 is 0 Å². The van der Waals surface area contributed by atoms with Crippen molar-refractivity contribution >= 4 is 54.5 Å². The lowest BCUT2D eigenvalue weighted by atomic mass is 9.84. The average molecular weight is 749 g/mol. The molecule has 2 saturated heterocycles. The molecule has 2 fully saturated rings. The molecular weight excluding hydrogens is 701 g/mol. The van der Waals surface area contributed by atoms with E-state index in [4.69, 9.17) is 0 Å². The van der Waals surface area contributed by atoms with Gasteiger partial charge in [-0.2, -0.15) is 0 Å². The molecule has 2 aliphatic heterocycles. The van der Waals surface area contributed by atoms with Crippen LogP contribution in [0.25, 0.3) is 87.6 Å². The first-order chi connectivity index (χ1) is 28.7.